The number of methoxy groups -OCH3 is 1. The van der Waals surface area contributed by atoms with E-state index in [1.54, 1.807) is 7.11 Å². The molecule has 2 fully saturated rings. The molecule has 0 aromatic carbocycles. The standard InChI is InChI=1S/C16H27N3O/c1-4-7-19-16(14(20-3)10-18-19)15(17-2)13-9-11-5-6-12(13)8-11/h10-13,15,17H,4-9H2,1-3H3. The van der Waals surface area contributed by atoms with Gasteiger partial charge in [0.25, 0.3) is 0 Å². The van der Waals surface area contributed by atoms with E-state index in [0.717, 1.165) is 36.5 Å². The van der Waals surface area contributed by atoms with E-state index in [1.165, 1.54) is 31.4 Å². The Labute approximate surface area is 121 Å². The van der Waals surface area contributed by atoms with Crippen molar-refractivity contribution in [3.05, 3.63) is 11.9 Å². The molecule has 1 N–H and O–H groups in total. The van der Waals surface area contributed by atoms with Crippen molar-refractivity contribution in [1.82, 2.24) is 15.1 Å². The minimum absolute atomic E-state index is 0.384. The smallest absolute Gasteiger partial charge is 0.161 e. The largest absolute Gasteiger partial charge is 0.493 e. The number of hydrogen-bond acceptors (Lipinski definition) is 3. The molecule has 0 spiro atoms. The van der Waals surface area contributed by atoms with Crippen LogP contribution in [0.4, 0.5) is 0 Å². The third-order valence-corrected chi connectivity index (χ3v) is 5.33. The molecule has 2 aliphatic rings. The maximum Gasteiger partial charge on any atom is 0.161 e. The van der Waals surface area contributed by atoms with Crippen molar-refractivity contribution >= 4 is 0 Å². The number of fused-ring (bicyclic) bond motifs is 2. The van der Waals surface area contributed by atoms with E-state index in [9.17, 15) is 0 Å². The van der Waals surface area contributed by atoms with E-state index in [0.29, 0.717) is 6.04 Å². The summed E-state index contributed by atoms with van der Waals surface area (Å²) in [4.78, 5) is 0. The summed E-state index contributed by atoms with van der Waals surface area (Å²) < 4.78 is 7.72. The number of aromatic nitrogens is 2. The Morgan fingerprint density at radius 1 is 1.45 bits per heavy atom. The lowest BCUT2D eigenvalue weighted by Crippen LogP contribution is -2.31. The molecule has 0 amide bonds. The predicted octanol–water partition coefficient (Wildman–Crippen LogP) is 3.00. The molecule has 112 valence electrons. The number of aryl methyl sites for hydroxylation is 1. The van der Waals surface area contributed by atoms with Gasteiger partial charge in [-0.25, -0.2) is 0 Å². The van der Waals surface area contributed by atoms with Crippen LogP contribution >= 0.6 is 0 Å². The van der Waals surface area contributed by atoms with Crippen molar-refractivity contribution in [2.75, 3.05) is 14.2 Å². The van der Waals surface area contributed by atoms with E-state index in [4.69, 9.17) is 4.74 Å². The SMILES string of the molecule is CCCn1ncc(OC)c1C(NC)C1CC2CCC1C2. The first-order valence-corrected chi connectivity index (χ1v) is 8.05. The summed E-state index contributed by atoms with van der Waals surface area (Å²) in [5.74, 6) is 3.56. The topological polar surface area (TPSA) is 39.1 Å². The van der Waals surface area contributed by atoms with Gasteiger partial charge in [0.1, 0.15) is 0 Å². The Morgan fingerprint density at radius 3 is 2.85 bits per heavy atom. The number of nitrogens with one attached hydrogen (secondary N) is 1. The Balaban J connectivity index is 1.90. The van der Waals surface area contributed by atoms with E-state index in [1.807, 2.05) is 6.20 Å². The molecule has 0 saturated heterocycles. The Morgan fingerprint density at radius 2 is 2.30 bits per heavy atom. The van der Waals surface area contributed by atoms with Crippen LogP contribution < -0.4 is 10.1 Å². The van der Waals surface area contributed by atoms with Crippen molar-refractivity contribution in [2.45, 2.75) is 51.6 Å². The molecule has 2 saturated carbocycles. The molecule has 0 aliphatic heterocycles. The number of nitrogens with zero attached hydrogens (tertiary/aromatic N) is 2. The summed E-state index contributed by atoms with van der Waals surface area (Å²) in [5, 5.41) is 8.09. The van der Waals surface area contributed by atoms with Gasteiger partial charge in [0.05, 0.1) is 25.0 Å². The zero-order valence-corrected chi connectivity index (χ0v) is 12.9. The van der Waals surface area contributed by atoms with Crippen molar-refractivity contribution in [3.8, 4) is 5.75 Å². The average Bonchev–Trinajstić information content (AvgIpc) is 3.16. The molecule has 1 aromatic heterocycles. The van der Waals surface area contributed by atoms with Crippen LogP contribution in [0.15, 0.2) is 6.20 Å². The fraction of sp³-hybridized carbons (Fsp3) is 0.812. The molecule has 4 nitrogen and oxygen atoms in total. The lowest BCUT2D eigenvalue weighted by Gasteiger charge is -2.31. The molecule has 1 aromatic rings. The van der Waals surface area contributed by atoms with Crippen LogP contribution in [-0.2, 0) is 6.54 Å². The Kier molecular flexibility index (Phi) is 4.01. The molecule has 20 heavy (non-hydrogen) atoms. The summed E-state index contributed by atoms with van der Waals surface area (Å²) in [6.45, 7) is 3.17. The second-order valence-corrected chi connectivity index (χ2v) is 6.43. The summed E-state index contributed by atoms with van der Waals surface area (Å²) in [5.41, 5.74) is 1.26. The summed E-state index contributed by atoms with van der Waals surface area (Å²) in [6.07, 6.45) is 8.65. The van der Waals surface area contributed by atoms with Gasteiger partial charge in [-0.05, 0) is 50.5 Å². The summed E-state index contributed by atoms with van der Waals surface area (Å²) in [7, 11) is 3.84. The van der Waals surface area contributed by atoms with Crippen LogP contribution in [0.5, 0.6) is 5.75 Å². The lowest BCUT2D eigenvalue weighted by atomic mass is 9.82. The third-order valence-electron chi connectivity index (χ3n) is 5.33. The van der Waals surface area contributed by atoms with Crippen LogP contribution in [0.3, 0.4) is 0 Å². The van der Waals surface area contributed by atoms with Crippen LogP contribution in [-0.4, -0.2) is 23.9 Å². The first-order valence-electron chi connectivity index (χ1n) is 8.05. The van der Waals surface area contributed by atoms with Crippen LogP contribution in [0.2, 0.25) is 0 Å². The zero-order chi connectivity index (χ0) is 14.1. The second-order valence-electron chi connectivity index (χ2n) is 6.43. The molecule has 2 bridgehead atoms. The Hall–Kier alpha value is -1.03. The second kappa shape index (κ2) is 5.76. The maximum atomic E-state index is 5.57. The molecule has 4 heteroatoms. The molecular formula is C16H27N3O. The molecule has 0 radical (unpaired) electrons. The van der Waals surface area contributed by atoms with Gasteiger partial charge in [0.2, 0.25) is 0 Å². The van der Waals surface area contributed by atoms with Gasteiger partial charge < -0.3 is 10.1 Å². The normalized spacial score (nSPS) is 29.9. The maximum absolute atomic E-state index is 5.57. The van der Waals surface area contributed by atoms with Crippen LogP contribution in [0, 0.1) is 17.8 Å². The van der Waals surface area contributed by atoms with Gasteiger partial charge in [-0.15, -0.1) is 0 Å². The highest BCUT2D eigenvalue weighted by Crippen LogP contribution is 2.53. The van der Waals surface area contributed by atoms with Crippen LogP contribution in [0.25, 0.3) is 0 Å². The van der Waals surface area contributed by atoms with Crippen molar-refractivity contribution in [3.63, 3.8) is 0 Å². The first kappa shape index (κ1) is 13.9. The fourth-order valence-electron chi connectivity index (χ4n) is 4.49. The van der Waals surface area contributed by atoms with E-state index < -0.39 is 0 Å². The minimum atomic E-state index is 0.384. The number of ether oxygens (including phenoxy) is 1. The van der Waals surface area contributed by atoms with Gasteiger partial charge in [0, 0.05) is 6.54 Å². The fourth-order valence-corrected chi connectivity index (χ4v) is 4.49. The quantitative estimate of drug-likeness (QED) is 0.869. The van der Waals surface area contributed by atoms with E-state index in [-0.39, 0.29) is 0 Å². The van der Waals surface area contributed by atoms with Gasteiger partial charge in [0.15, 0.2) is 5.75 Å². The van der Waals surface area contributed by atoms with Crippen LogP contribution in [0.1, 0.15) is 50.8 Å². The monoisotopic (exact) mass is 277 g/mol. The minimum Gasteiger partial charge on any atom is -0.493 e. The number of rotatable bonds is 6. The molecular weight excluding hydrogens is 250 g/mol. The highest BCUT2D eigenvalue weighted by molar-refractivity contribution is 5.29. The number of hydrogen-bond donors (Lipinski definition) is 1. The molecule has 4 atom stereocenters. The third kappa shape index (κ3) is 2.24. The average molecular weight is 277 g/mol. The van der Waals surface area contributed by atoms with Crippen molar-refractivity contribution < 1.29 is 4.74 Å². The highest BCUT2D eigenvalue weighted by Gasteiger charge is 2.44. The lowest BCUT2D eigenvalue weighted by molar-refractivity contribution is 0.244. The molecule has 4 unspecified atom stereocenters. The zero-order valence-electron chi connectivity index (χ0n) is 12.9. The van der Waals surface area contributed by atoms with Gasteiger partial charge >= 0.3 is 0 Å². The van der Waals surface area contributed by atoms with Crippen molar-refractivity contribution in [2.24, 2.45) is 17.8 Å². The van der Waals surface area contributed by atoms with E-state index in [2.05, 4.69) is 29.1 Å². The molecule has 1 heterocycles. The predicted molar refractivity (Wildman–Crippen MR) is 79.8 cm³/mol. The summed E-state index contributed by atoms with van der Waals surface area (Å²) >= 11 is 0. The van der Waals surface area contributed by atoms with Gasteiger partial charge in [-0.1, -0.05) is 13.3 Å². The summed E-state index contributed by atoms with van der Waals surface area (Å²) in [6, 6.07) is 0.384. The van der Waals surface area contributed by atoms with Gasteiger partial charge in [-0.3, -0.25) is 4.68 Å². The van der Waals surface area contributed by atoms with Gasteiger partial charge in [-0.2, -0.15) is 5.10 Å². The van der Waals surface area contributed by atoms with E-state index >= 15 is 0 Å². The highest BCUT2D eigenvalue weighted by atomic mass is 16.5. The molecule has 2 aliphatic carbocycles. The van der Waals surface area contributed by atoms with Crippen molar-refractivity contribution in [1.29, 1.82) is 0 Å². The Bertz CT molecular complexity index is 457. The molecule has 3 rings (SSSR count). The first-order chi connectivity index (χ1) is 9.78.